The van der Waals surface area contributed by atoms with E-state index >= 15 is 0 Å². The van der Waals surface area contributed by atoms with Crippen molar-refractivity contribution in [1.82, 2.24) is 0 Å². The summed E-state index contributed by atoms with van der Waals surface area (Å²) in [5.74, 6) is -0.690. The van der Waals surface area contributed by atoms with Gasteiger partial charge in [-0.25, -0.2) is 4.39 Å². The summed E-state index contributed by atoms with van der Waals surface area (Å²) in [6.07, 6.45) is 5.29. The summed E-state index contributed by atoms with van der Waals surface area (Å²) in [5, 5.41) is 18.1. The molecular formula is C39H44FNO6. The highest BCUT2D eigenvalue weighted by Gasteiger charge is 2.13. The second kappa shape index (κ2) is 17.7. The maximum absolute atomic E-state index is 14.8. The monoisotopic (exact) mass is 641 g/mol. The third kappa shape index (κ3) is 10.9. The summed E-state index contributed by atoms with van der Waals surface area (Å²) in [7, 11) is 4.00. The van der Waals surface area contributed by atoms with E-state index in [9.17, 15) is 19.1 Å². The van der Waals surface area contributed by atoms with Gasteiger partial charge in [-0.3, -0.25) is 9.59 Å². The molecule has 0 aromatic heterocycles. The zero-order valence-electron chi connectivity index (χ0n) is 27.2. The number of carboxylic acids is 2. The number of nitrogens with zero attached hydrogens (tertiary/aromatic N) is 1. The molecule has 0 bridgehead atoms. The van der Waals surface area contributed by atoms with Gasteiger partial charge in [-0.1, -0.05) is 55.3 Å². The molecule has 0 saturated heterocycles. The highest BCUT2D eigenvalue weighted by Crippen LogP contribution is 2.34. The Morgan fingerprint density at radius 3 is 2.11 bits per heavy atom. The van der Waals surface area contributed by atoms with Crippen LogP contribution in [0, 0.1) is 5.82 Å². The molecule has 2 N–H and O–H groups in total. The van der Waals surface area contributed by atoms with Crippen LogP contribution in [0.5, 0.6) is 11.5 Å². The van der Waals surface area contributed by atoms with Crippen molar-refractivity contribution in [2.24, 2.45) is 0 Å². The van der Waals surface area contributed by atoms with Crippen molar-refractivity contribution in [1.29, 1.82) is 0 Å². The van der Waals surface area contributed by atoms with Crippen LogP contribution >= 0.6 is 0 Å². The number of ether oxygens (including phenoxy) is 2. The highest BCUT2D eigenvalue weighted by atomic mass is 19.1. The van der Waals surface area contributed by atoms with Crippen LogP contribution < -0.4 is 14.4 Å². The maximum atomic E-state index is 14.8. The lowest BCUT2D eigenvalue weighted by Gasteiger charge is -2.16. The Kier molecular flexibility index (Phi) is 13.2. The molecule has 7 nitrogen and oxygen atoms in total. The minimum Gasteiger partial charge on any atom is -0.494 e. The SMILES string of the molecule is CN(C)c1ccc(-c2cc(OCCCCCCc3cccc(OCCCC(=O)O)c3CCC(=O)O)cc(-c3ccccc3F)c2)cc1. The largest absolute Gasteiger partial charge is 0.494 e. The summed E-state index contributed by atoms with van der Waals surface area (Å²) < 4.78 is 26.8. The van der Waals surface area contributed by atoms with Crippen molar-refractivity contribution >= 4 is 17.6 Å². The molecule has 4 rings (SSSR count). The number of hydrogen-bond acceptors (Lipinski definition) is 5. The molecule has 4 aromatic carbocycles. The lowest BCUT2D eigenvalue weighted by molar-refractivity contribution is -0.138. The highest BCUT2D eigenvalue weighted by molar-refractivity contribution is 5.76. The average Bonchev–Trinajstić information content (AvgIpc) is 3.05. The van der Waals surface area contributed by atoms with E-state index in [0.717, 1.165) is 65.6 Å². The van der Waals surface area contributed by atoms with Gasteiger partial charge in [0, 0.05) is 38.2 Å². The van der Waals surface area contributed by atoms with E-state index in [2.05, 4.69) is 24.3 Å². The van der Waals surface area contributed by atoms with E-state index in [1.807, 2.05) is 61.5 Å². The fourth-order valence-electron chi connectivity index (χ4n) is 5.51. The zero-order valence-corrected chi connectivity index (χ0v) is 27.2. The summed E-state index contributed by atoms with van der Waals surface area (Å²) in [4.78, 5) is 24.2. The first kappa shape index (κ1) is 35.0. The molecule has 0 aliphatic rings. The number of carbonyl (C=O) groups is 2. The van der Waals surface area contributed by atoms with Gasteiger partial charge >= 0.3 is 11.9 Å². The van der Waals surface area contributed by atoms with Gasteiger partial charge in [-0.05, 0) is 102 Å². The summed E-state index contributed by atoms with van der Waals surface area (Å²) in [6.45, 7) is 0.798. The molecule has 0 radical (unpaired) electrons. The van der Waals surface area contributed by atoms with Gasteiger partial charge in [0.2, 0.25) is 0 Å². The Balaban J connectivity index is 1.34. The Hall–Kier alpha value is -4.85. The lowest BCUT2D eigenvalue weighted by Crippen LogP contribution is -2.07. The second-order valence-electron chi connectivity index (χ2n) is 11.8. The smallest absolute Gasteiger partial charge is 0.303 e. The quantitative estimate of drug-likeness (QED) is 0.0989. The van der Waals surface area contributed by atoms with Crippen LogP contribution in [0.1, 0.15) is 56.1 Å². The topological polar surface area (TPSA) is 96.3 Å². The van der Waals surface area contributed by atoms with Crippen LogP contribution in [0.3, 0.4) is 0 Å². The predicted molar refractivity (Wildman–Crippen MR) is 184 cm³/mol. The lowest BCUT2D eigenvalue weighted by atomic mass is 9.97. The van der Waals surface area contributed by atoms with Gasteiger partial charge < -0.3 is 24.6 Å². The molecule has 0 unspecified atom stereocenters. The van der Waals surface area contributed by atoms with E-state index < -0.39 is 11.9 Å². The number of hydrogen-bond donors (Lipinski definition) is 2. The first-order valence-electron chi connectivity index (χ1n) is 16.2. The number of aliphatic carboxylic acids is 2. The zero-order chi connectivity index (χ0) is 33.6. The number of unbranched alkanes of at least 4 members (excludes halogenated alkanes) is 3. The molecule has 4 aromatic rings. The van der Waals surface area contributed by atoms with Gasteiger partial charge in [0.25, 0.3) is 0 Å². The number of rotatable bonds is 19. The first-order chi connectivity index (χ1) is 22.7. The Bertz CT molecular complexity index is 1620. The molecule has 0 fully saturated rings. The molecule has 0 atom stereocenters. The van der Waals surface area contributed by atoms with Crippen molar-refractivity contribution in [3.8, 4) is 33.8 Å². The third-order valence-electron chi connectivity index (χ3n) is 8.03. The summed E-state index contributed by atoms with van der Waals surface area (Å²) in [5.41, 5.74) is 6.32. The number of benzene rings is 4. The van der Waals surface area contributed by atoms with Gasteiger partial charge in [0.05, 0.1) is 13.2 Å². The molecule has 0 heterocycles. The summed E-state index contributed by atoms with van der Waals surface area (Å²) in [6, 6.07) is 26.7. The van der Waals surface area contributed by atoms with Crippen LogP contribution in [0.4, 0.5) is 10.1 Å². The number of carboxylic acid groups (broad SMARTS) is 2. The molecule has 0 aliphatic heterocycles. The molecule has 0 amide bonds. The maximum Gasteiger partial charge on any atom is 0.303 e. The normalized spacial score (nSPS) is 10.9. The Labute approximate surface area is 276 Å². The molecular weight excluding hydrogens is 597 g/mol. The summed E-state index contributed by atoms with van der Waals surface area (Å²) >= 11 is 0. The molecule has 0 saturated carbocycles. The van der Waals surface area contributed by atoms with E-state index in [0.29, 0.717) is 36.5 Å². The fourth-order valence-corrected chi connectivity index (χ4v) is 5.51. The van der Waals surface area contributed by atoms with Gasteiger partial charge in [-0.2, -0.15) is 0 Å². The van der Waals surface area contributed by atoms with Crippen molar-refractivity contribution in [3.05, 3.63) is 102 Å². The minimum absolute atomic E-state index is 0.00105. The van der Waals surface area contributed by atoms with Gasteiger partial charge in [0.15, 0.2) is 0 Å². The second-order valence-corrected chi connectivity index (χ2v) is 11.8. The third-order valence-corrected chi connectivity index (χ3v) is 8.03. The molecule has 0 aliphatic carbocycles. The van der Waals surface area contributed by atoms with E-state index in [1.54, 1.807) is 12.1 Å². The molecule has 248 valence electrons. The van der Waals surface area contributed by atoms with Crippen LogP contribution in [-0.2, 0) is 22.4 Å². The number of aryl methyl sites for hydroxylation is 1. The van der Waals surface area contributed by atoms with Gasteiger partial charge in [-0.15, -0.1) is 0 Å². The van der Waals surface area contributed by atoms with Crippen LogP contribution in [0.2, 0.25) is 0 Å². The van der Waals surface area contributed by atoms with Crippen LogP contribution in [-0.4, -0.2) is 49.5 Å². The van der Waals surface area contributed by atoms with Gasteiger partial charge in [0.1, 0.15) is 17.3 Å². The fraction of sp³-hybridized carbons (Fsp3) is 0.333. The van der Waals surface area contributed by atoms with Crippen molar-refractivity contribution in [2.45, 2.75) is 57.8 Å². The average molecular weight is 642 g/mol. The van der Waals surface area contributed by atoms with E-state index in [1.165, 1.54) is 6.07 Å². The predicted octanol–water partition coefficient (Wildman–Crippen LogP) is 8.67. The van der Waals surface area contributed by atoms with E-state index in [4.69, 9.17) is 14.6 Å². The minimum atomic E-state index is -0.870. The standard InChI is InChI=1S/C39H44FNO6/c1-41(2)32-19-17-28(18-20-32)30-25-31(34-13-6-7-14-36(34)40)27-33(26-30)46-23-8-4-3-5-11-29-12-9-15-37(35(29)21-22-39(44)45)47-24-10-16-38(42)43/h6-7,9,12-15,17-20,25-27H,3-5,8,10-11,16,21-24H2,1-2H3,(H,42,43)(H,44,45). The van der Waals surface area contributed by atoms with Crippen LogP contribution in [0.15, 0.2) is 84.9 Å². The number of anilines is 1. The van der Waals surface area contributed by atoms with E-state index in [-0.39, 0.29) is 25.3 Å². The Morgan fingerprint density at radius 2 is 1.38 bits per heavy atom. The van der Waals surface area contributed by atoms with Crippen LogP contribution in [0.25, 0.3) is 22.3 Å². The molecule has 8 heteroatoms. The first-order valence-corrected chi connectivity index (χ1v) is 16.2. The van der Waals surface area contributed by atoms with Crippen molar-refractivity contribution in [2.75, 3.05) is 32.2 Å². The Morgan fingerprint density at radius 1 is 0.681 bits per heavy atom. The van der Waals surface area contributed by atoms with Crippen molar-refractivity contribution < 1.29 is 33.7 Å². The molecule has 47 heavy (non-hydrogen) atoms. The molecule has 0 spiro atoms. The number of halogens is 1. The van der Waals surface area contributed by atoms with Crippen molar-refractivity contribution in [3.63, 3.8) is 0 Å².